The first-order valence-corrected chi connectivity index (χ1v) is 7.13. The summed E-state index contributed by atoms with van der Waals surface area (Å²) in [5.74, 6) is 0.846. The van der Waals surface area contributed by atoms with Gasteiger partial charge in [0.05, 0.1) is 23.5 Å². The second-order valence-corrected chi connectivity index (χ2v) is 5.52. The van der Waals surface area contributed by atoms with Crippen LogP contribution in [0.15, 0.2) is 46.8 Å². The molecule has 102 valence electrons. The van der Waals surface area contributed by atoms with E-state index in [-0.39, 0.29) is 6.10 Å². The highest BCUT2D eigenvalue weighted by Gasteiger charge is 2.09. The molecule has 0 aliphatic carbocycles. The number of ether oxygens (including phenoxy) is 1. The number of nitrogens with one attached hydrogen (secondary N) is 1. The Kier molecular flexibility index (Phi) is 3.56. The van der Waals surface area contributed by atoms with Gasteiger partial charge in [0.15, 0.2) is 10.8 Å². The molecule has 0 saturated heterocycles. The number of nitrogens with zero attached hydrogens (tertiary/aromatic N) is 3. The predicted molar refractivity (Wildman–Crippen MR) is 78.0 cm³/mol. The first-order chi connectivity index (χ1) is 9.72. The van der Waals surface area contributed by atoms with E-state index < -0.39 is 0 Å². The summed E-state index contributed by atoms with van der Waals surface area (Å²) in [7, 11) is 0. The van der Waals surface area contributed by atoms with Crippen LogP contribution in [0.5, 0.6) is 5.75 Å². The van der Waals surface area contributed by atoms with E-state index in [1.54, 1.807) is 12.5 Å². The van der Waals surface area contributed by atoms with E-state index in [4.69, 9.17) is 4.74 Å². The van der Waals surface area contributed by atoms with Gasteiger partial charge in [-0.2, -0.15) is 0 Å². The lowest BCUT2D eigenvalue weighted by atomic mass is 10.3. The molecule has 0 aliphatic rings. The zero-order valence-electron chi connectivity index (χ0n) is 11.2. The average molecular weight is 286 g/mol. The minimum absolute atomic E-state index is 0.131. The van der Waals surface area contributed by atoms with Crippen molar-refractivity contribution < 1.29 is 4.74 Å². The van der Waals surface area contributed by atoms with Crippen LogP contribution in [0.3, 0.4) is 0 Å². The van der Waals surface area contributed by atoms with Crippen LogP contribution in [0, 0.1) is 0 Å². The lowest BCUT2D eigenvalue weighted by Crippen LogP contribution is -2.06. The summed E-state index contributed by atoms with van der Waals surface area (Å²) in [4.78, 5) is 16.8. The van der Waals surface area contributed by atoms with Crippen molar-refractivity contribution in [2.75, 3.05) is 0 Å². The summed E-state index contributed by atoms with van der Waals surface area (Å²) in [5, 5.41) is 0.657. The minimum atomic E-state index is 0.131. The van der Waals surface area contributed by atoms with E-state index in [0.29, 0.717) is 10.8 Å². The summed E-state index contributed by atoms with van der Waals surface area (Å²) >= 11 is 1.47. The molecule has 2 heterocycles. The summed E-state index contributed by atoms with van der Waals surface area (Å²) in [6, 6.07) is 7.89. The fraction of sp³-hybridized carbons (Fsp3) is 0.214. The molecule has 20 heavy (non-hydrogen) atoms. The maximum atomic E-state index is 5.79. The zero-order chi connectivity index (χ0) is 13.9. The lowest BCUT2D eigenvalue weighted by molar-refractivity contribution is 0.236. The lowest BCUT2D eigenvalue weighted by Gasteiger charge is -2.13. The van der Waals surface area contributed by atoms with Crippen LogP contribution in [0.25, 0.3) is 11.2 Å². The van der Waals surface area contributed by atoms with Crippen LogP contribution in [0.2, 0.25) is 0 Å². The normalized spacial score (nSPS) is 11.2. The highest BCUT2D eigenvalue weighted by Crippen LogP contribution is 2.33. The maximum Gasteiger partial charge on any atom is 0.194 e. The zero-order valence-corrected chi connectivity index (χ0v) is 12.0. The highest BCUT2D eigenvalue weighted by molar-refractivity contribution is 7.99. The van der Waals surface area contributed by atoms with E-state index in [1.165, 1.54) is 11.8 Å². The number of aromatic nitrogens is 4. The van der Waals surface area contributed by atoms with Gasteiger partial charge in [0, 0.05) is 0 Å². The van der Waals surface area contributed by atoms with Crippen molar-refractivity contribution in [1.82, 2.24) is 19.9 Å². The van der Waals surface area contributed by atoms with E-state index in [2.05, 4.69) is 19.9 Å². The highest BCUT2D eigenvalue weighted by atomic mass is 32.2. The molecule has 0 spiro atoms. The Morgan fingerprint density at radius 3 is 2.90 bits per heavy atom. The Morgan fingerprint density at radius 1 is 1.20 bits per heavy atom. The summed E-state index contributed by atoms with van der Waals surface area (Å²) in [5.41, 5.74) is 1.51. The number of aromatic amines is 1. The Morgan fingerprint density at radius 2 is 2.05 bits per heavy atom. The third kappa shape index (κ3) is 2.75. The molecule has 0 amide bonds. The molecule has 3 rings (SSSR count). The molecule has 3 aromatic rings. The summed E-state index contributed by atoms with van der Waals surface area (Å²) in [6.45, 7) is 4.02. The number of fused-ring (bicyclic) bond motifs is 1. The van der Waals surface area contributed by atoms with Gasteiger partial charge in [-0.3, -0.25) is 0 Å². The number of H-pyrrole nitrogens is 1. The van der Waals surface area contributed by atoms with Gasteiger partial charge in [0.2, 0.25) is 0 Å². The maximum absolute atomic E-state index is 5.79. The molecule has 0 aliphatic heterocycles. The molecule has 0 bridgehead atoms. The third-order valence-electron chi connectivity index (χ3n) is 2.57. The van der Waals surface area contributed by atoms with Crippen molar-refractivity contribution in [2.24, 2.45) is 0 Å². The van der Waals surface area contributed by atoms with Gasteiger partial charge in [-0.05, 0) is 37.7 Å². The first kappa shape index (κ1) is 12.9. The van der Waals surface area contributed by atoms with Crippen LogP contribution in [0.4, 0.5) is 0 Å². The van der Waals surface area contributed by atoms with Crippen molar-refractivity contribution in [2.45, 2.75) is 30.0 Å². The SMILES string of the molecule is CC(C)Oc1ccccc1Sc1ncc2[nH]cnc2n1. The Hall–Kier alpha value is -2.08. The van der Waals surface area contributed by atoms with E-state index >= 15 is 0 Å². The molecular formula is C14H14N4OS. The van der Waals surface area contributed by atoms with E-state index in [0.717, 1.165) is 16.2 Å². The summed E-state index contributed by atoms with van der Waals surface area (Å²) < 4.78 is 5.79. The van der Waals surface area contributed by atoms with Gasteiger partial charge in [-0.1, -0.05) is 12.1 Å². The second-order valence-electron chi connectivity index (χ2n) is 4.51. The van der Waals surface area contributed by atoms with Gasteiger partial charge in [0.25, 0.3) is 0 Å². The molecule has 0 atom stereocenters. The topological polar surface area (TPSA) is 63.7 Å². The molecule has 0 radical (unpaired) electrons. The van der Waals surface area contributed by atoms with Crippen LogP contribution < -0.4 is 4.74 Å². The first-order valence-electron chi connectivity index (χ1n) is 6.32. The number of rotatable bonds is 4. The number of para-hydroxylation sites is 1. The van der Waals surface area contributed by atoms with Crippen LogP contribution in [-0.4, -0.2) is 26.0 Å². The number of imidazole rings is 1. The smallest absolute Gasteiger partial charge is 0.194 e. The Labute approximate surface area is 120 Å². The van der Waals surface area contributed by atoms with Crippen LogP contribution in [0.1, 0.15) is 13.8 Å². The monoisotopic (exact) mass is 286 g/mol. The van der Waals surface area contributed by atoms with Crippen LogP contribution in [-0.2, 0) is 0 Å². The second kappa shape index (κ2) is 5.50. The number of hydrogen-bond donors (Lipinski definition) is 1. The van der Waals surface area contributed by atoms with Gasteiger partial charge in [-0.15, -0.1) is 0 Å². The standard InChI is InChI=1S/C14H14N4OS/c1-9(2)19-11-5-3-4-6-12(11)20-14-15-7-10-13(18-14)17-8-16-10/h3-9H,1-2H3,(H,15,16,17,18). The van der Waals surface area contributed by atoms with Crippen molar-refractivity contribution in [1.29, 1.82) is 0 Å². The molecule has 0 saturated carbocycles. The average Bonchev–Trinajstić information content (AvgIpc) is 2.88. The van der Waals surface area contributed by atoms with Crippen molar-refractivity contribution in [3.05, 3.63) is 36.8 Å². The molecular weight excluding hydrogens is 272 g/mol. The molecule has 2 aromatic heterocycles. The predicted octanol–water partition coefficient (Wildman–Crippen LogP) is 3.29. The summed E-state index contributed by atoms with van der Waals surface area (Å²) in [6.07, 6.45) is 3.49. The van der Waals surface area contributed by atoms with E-state index in [1.807, 2.05) is 38.1 Å². The molecule has 1 N–H and O–H groups in total. The van der Waals surface area contributed by atoms with Gasteiger partial charge < -0.3 is 9.72 Å². The van der Waals surface area contributed by atoms with Crippen molar-refractivity contribution in [3.63, 3.8) is 0 Å². The number of hydrogen-bond acceptors (Lipinski definition) is 5. The number of benzene rings is 1. The largest absolute Gasteiger partial charge is 0.490 e. The van der Waals surface area contributed by atoms with Gasteiger partial charge in [-0.25, -0.2) is 15.0 Å². The van der Waals surface area contributed by atoms with Crippen LogP contribution >= 0.6 is 11.8 Å². The van der Waals surface area contributed by atoms with Crippen molar-refractivity contribution >= 4 is 22.9 Å². The quantitative estimate of drug-likeness (QED) is 0.746. The molecule has 1 aromatic carbocycles. The fourth-order valence-corrected chi connectivity index (χ4v) is 2.55. The molecule has 0 unspecified atom stereocenters. The van der Waals surface area contributed by atoms with Gasteiger partial charge in [0.1, 0.15) is 11.3 Å². The van der Waals surface area contributed by atoms with Crippen molar-refractivity contribution in [3.8, 4) is 5.75 Å². The van der Waals surface area contributed by atoms with Gasteiger partial charge >= 0.3 is 0 Å². The Balaban J connectivity index is 1.90. The molecule has 6 heteroatoms. The fourth-order valence-electron chi connectivity index (χ4n) is 1.75. The van der Waals surface area contributed by atoms with E-state index in [9.17, 15) is 0 Å². The minimum Gasteiger partial charge on any atom is -0.490 e. The third-order valence-corrected chi connectivity index (χ3v) is 3.50. The molecule has 5 nitrogen and oxygen atoms in total. The Bertz CT molecular complexity index is 726. The molecule has 0 fully saturated rings.